The van der Waals surface area contributed by atoms with E-state index in [0.29, 0.717) is 10.0 Å². The lowest BCUT2D eigenvalue weighted by Gasteiger charge is -2.15. The number of hydrogen-bond acceptors (Lipinski definition) is 4. The van der Waals surface area contributed by atoms with Crippen LogP contribution in [0.2, 0.25) is 10.0 Å². The van der Waals surface area contributed by atoms with Crippen molar-refractivity contribution in [3.63, 3.8) is 0 Å². The number of nitrogens with two attached hydrogens (primary N) is 1. The van der Waals surface area contributed by atoms with Gasteiger partial charge in [-0.1, -0.05) is 35.3 Å². The molecule has 0 radical (unpaired) electrons. The van der Waals surface area contributed by atoms with Crippen molar-refractivity contribution in [2.75, 3.05) is 20.3 Å². The van der Waals surface area contributed by atoms with Gasteiger partial charge in [0.25, 0.3) is 0 Å². The molecule has 0 amide bonds. The summed E-state index contributed by atoms with van der Waals surface area (Å²) in [5, 5.41) is 0.392. The van der Waals surface area contributed by atoms with E-state index in [2.05, 4.69) is 0 Å². The highest BCUT2D eigenvalue weighted by molar-refractivity contribution is 7.92. The maximum absolute atomic E-state index is 13.2. The van der Waals surface area contributed by atoms with E-state index >= 15 is 0 Å². The number of rotatable bonds is 6. The standard InChI is InChI=1S/C18H19Cl2NO3S/c1-24-11-18(10-21)16(12-3-2-4-14(20)9-12)17(18)25(22,23)15-7-5-13(19)6-8-15/h2-9,16-17H,10-11,21H2,1H3/t16-,17+,18+/m1/s1. The van der Waals surface area contributed by atoms with Gasteiger partial charge in [0.05, 0.1) is 16.8 Å². The third-order valence-electron chi connectivity index (χ3n) is 4.86. The summed E-state index contributed by atoms with van der Waals surface area (Å²) in [5.74, 6) is -0.267. The van der Waals surface area contributed by atoms with Gasteiger partial charge in [0.15, 0.2) is 9.84 Å². The Morgan fingerprint density at radius 3 is 2.36 bits per heavy atom. The minimum atomic E-state index is -3.60. The van der Waals surface area contributed by atoms with Gasteiger partial charge in [0.1, 0.15) is 0 Å². The molecule has 0 unspecified atom stereocenters. The smallest absolute Gasteiger partial charge is 0.182 e. The van der Waals surface area contributed by atoms with Gasteiger partial charge in [-0.3, -0.25) is 0 Å². The number of methoxy groups -OCH3 is 1. The summed E-state index contributed by atoms with van der Waals surface area (Å²) in [4.78, 5) is 0.236. The monoisotopic (exact) mass is 399 g/mol. The Bertz CT molecular complexity index is 870. The molecule has 0 bridgehead atoms. The number of halogens is 2. The van der Waals surface area contributed by atoms with Crippen LogP contribution in [0.5, 0.6) is 0 Å². The van der Waals surface area contributed by atoms with E-state index in [4.69, 9.17) is 33.7 Å². The molecule has 0 spiro atoms. The Balaban J connectivity index is 2.07. The molecule has 2 N–H and O–H groups in total. The number of sulfone groups is 1. The molecule has 2 aromatic carbocycles. The molecule has 0 aromatic heterocycles. The minimum absolute atomic E-state index is 0.204. The van der Waals surface area contributed by atoms with Crippen LogP contribution < -0.4 is 5.73 Å². The van der Waals surface area contributed by atoms with E-state index in [9.17, 15) is 8.42 Å². The zero-order valence-electron chi connectivity index (χ0n) is 13.7. The summed E-state index contributed by atoms with van der Waals surface area (Å²) in [6, 6.07) is 13.5. The summed E-state index contributed by atoms with van der Waals surface area (Å²) in [6.07, 6.45) is 0. The quantitative estimate of drug-likeness (QED) is 0.806. The molecule has 1 fully saturated rings. The third kappa shape index (κ3) is 3.20. The first-order valence-electron chi connectivity index (χ1n) is 7.81. The molecule has 1 aliphatic rings. The zero-order valence-corrected chi connectivity index (χ0v) is 16.0. The first kappa shape index (κ1) is 18.7. The molecule has 7 heteroatoms. The van der Waals surface area contributed by atoms with Crippen LogP contribution in [0.25, 0.3) is 0 Å². The largest absolute Gasteiger partial charge is 0.384 e. The van der Waals surface area contributed by atoms with Gasteiger partial charge in [-0.2, -0.15) is 0 Å². The van der Waals surface area contributed by atoms with Crippen LogP contribution in [0.3, 0.4) is 0 Å². The second-order valence-corrected chi connectivity index (χ2v) is 9.26. The SMILES string of the molecule is COC[C@@]1(CN)[C@H](c2cccc(Cl)c2)[C@@H]1S(=O)(=O)c1ccc(Cl)cc1. The topological polar surface area (TPSA) is 69.4 Å². The van der Waals surface area contributed by atoms with Gasteiger partial charge in [0.2, 0.25) is 0 Å². The predicted octanol–water partition coefficient (Wildman–Crippen LogP) is 3.52. The Labute approximate surface area is 157 Å². The summed E-state index contributed by atoms with van der Waals surface area (Å²) < 4.78 is 31.8. The molecule has 0 saturated heterocycles. The molecular weight excluding hydrogens is 381 g/mol. The fraction of sp³-hybridized carbons (Fsp3) is 0.333. The molecule has 25 heavy (non-hydrogen) atoms. The van der Waals surface area contributed by atoms with E-state index in [1.807, 2.05) is 12.1 Å². The summed E-state index contributed by atoms with van der Waals surface area (Å²) in [7, 11) is -2.04. The predicted molar refractivity (Wildman–Crippen MR) is 100.0 cm³/mol. The molecule has 0 aliphatic heterocycles. The Morgan fingerprint density at radius 2 is 1.80 bits per heavy atom. The van der Waals surface area contributed by atoms with Crippen LogP contribution in [0, 0.1) is 5.41 Å². The van der Waals surface area contributed by atoms with Crippen molar-refractivity contribution in [1.82, 2.24) is 0 Å². The first-order chi connectivity index (χ1) is 11.9. The fourth-order valence-corrected chi connectivity index (χ4v) is 6.43. The molecule has 1 saturated carbocycles. The van der Waals surface area contributed by atoms with Gasteiger partial charge < -0.3 is 10.5 Å². The lowest BCUT2D eigenvalue weighted by atomic mass is 10.00. The molecule has 4 nitrogen and oxygen atoms in total. The van der Waals surface area contributed by atoms with Crippen molar-refractivity contribution < 1.29 is 13.2 Å². The Morgan fingerprint density at radius 1 is 1.12 bits per heavy atom. The van der Waals surface area contributed by atoms with Crippen LogP contribution in [-0.4, -0.2) is 33.9 Å². The lowest BCUT2D eigenvalue weighted by molar-refractivity contribution is 0.142. The second-order valence-electron chi connectivity index (χ2n) is 6.32. The van der Waals surface area contributed by atoms with Crippen LogP contribution >= 0.6 is 23.2 Å². The van der Waals surface area contributed by atoms with Gasteiger partial charge in [-0.25, -0.2) is 8.42 Å². The first-order valence-corrected chi connectivity index (χ1v) is 10.1. The molecule has 0 heterocycles. The van der Waals surface area contributed by atoms with Crippen molar-refractivity contribution in [1.29, 1.82) is 0 Å². The van der Waals surface area contributed by atoms with Crippen molar-refractivity contribution in [2.45, 2.75) is 16.1 Å². The van der Waals surface area contributed by atoms with Crippen LogP contribution in [0.4, 0.5) is 0 Å². The Hall–Kier alpha value is -1.11. The van der Waals surface area contributed by atoms with E-state index in [1.165, 1.54) is 12.1 Å². The van der Waals surface area contributed by atoms with E-state index in [0.717, 1.165) is 5.56 Å². The average Bonchev–Trinajstić information content (AvgIpc) is 3.26. The molecular formula is C18H19Cl2NO3S. The third-order valence-corrected chi connectivity index (χ3v) is 7.68. The summed E-state index contributed by atoms with van der Waals surface area (Å²) in [5.41, 5.74) is 6.20. The molecule has 3 rings (SSSR count). The summed E-state index contributed by atoms with van der Waals surface area (Å²) >= 11 is 12.0. The van der Waals surface area contributed by atoms with Crippen LogP contribution in [0.1, 0.15) is 11.5 Å². The van der Waals surface area contributed by atoms with Gasteiger partial charge in [-0.15, -0.1) is 0 Å². The number of hydrogen-bond donors (Lipinski definition) is 1. The fourth-order valence-electron chi connectivity index (χ4n) is 3.66. The molecule has 1 aliphatic carbocycles. The highest BCUT2D eigenvalue weighted by Gasteiger charge is 2.70. The maximum Gasteiger partial charge on any atom is 0.182 e. The van der Waals surface area contributed by atoms with E-state index < -0.39 is 20.5 Å². The molecule has 134 valence electrons. The van der Waals surface area contributed by atoms with Crippen molar-refractivity contribution >= 4 is 33.0 Å². The van der Waals surface area contributed by atoms with Crippen LogP contribution in [-0.2, 0) is 14.6 Å². The van der Waals surface area contributed by atoms with E-state index in [1.54, 1.807) is 31.4 Å². The number of benzene rings is 2. The second kappa shape index (κ2) is 6.89. The van der Waals surface area contributed by atoms with Crippen molar-refractivity contribution in [3.05, 3.63) is 64.1 Å². The lowest BCUT2D eigenvalue weighted by Crippen LogP contribution is -2.28. The van der Waals surface area contributed by atoms with Gasteiger partial charge in [-0.05, 0) is 42.0 Å². The zero-order chi connectivity index (χ0) is 18.2. The summed E-state index contributed by atoms with van der Waals surface area (Å²) in [6.45, 7) is 0.466. The molecule has 2 aromatic rings. The van der Waals surface area contributed by atoms with Gasteiger partial charge in [0, 0.05) is 35.0 Å². The van der Waals surface area contributed by atoms with Crippen molar-refractivity contribution in [3.8, 4) is 0 Å². The van der Waals surface area contributed by atoms with Gasteiger partial charge >= 0.3 is 0 Å². The van der Waals surface area contributed by atoms with Crippen LogP contribution in [0.15, 0.2) is 53.4 Å². The average molecular weight is 400 g/mol. The minimum Gasteiger partial charge on any atom is -0.384 e. The normalized spacial score (nSPS) is 25.8. The molecule has 3 atom stereocenters. The Kier molecular flexibility index (Phi) is 5.15. The van der Waals surface area contributed by atoms with E-state index in [-0.39, 0.29) is 24.0 Å². The number of ether oxygens (including phenoxy) is 1. The highest BCUT2D eigenvalue weighted by atomic mass is 35.5. The highest BCUT2D eigenvalue weighted by Crippen LogP contribution is 2.63. The maximum atomic E-state index is 13.2. The van der Waals surface area contributed by atoms with Crippen molar-refractivity contribution in [2.24, 2.45) is 11.1 Å².